The number of rotatable bonds is 5. The fourth-order valence-corrected chi connectivity index (χ4v) is 4.72. The number of aliphatic hydroxyl groups excluding tert-OH is 1. The minimum atomic E-state index is -0.116. The molecule has 5 rings (SSSR count). The van der Waals surface area contributed by atoms with Crippen molar-refractivity contribution in [2.75, 3.05) is 33.8 Å². The molecule has 0 aliphatic carbocycles. The largest absolute Gasteiger partial charge is 0.395 e. The van der Waals surface area contributed by atoms with Crippen LogP contribution < -0.4 is 0 Å². The number of likely N-dealkylation sites (N-methyl/N-ethyl adjacent to an activating group) is 2. The lowest BCUT2D eigenvalue weighted by atomic mass is 9.92. The van der Waals surface area contributed by atoms with Crippen LogP contribution in [-0.2, 0) is 13.0 Å². The summed E-state index contributed by atoms with van der Waals surface area (Å²) in [5, 5.41) is 9.08. The minimum absolute atomic E-state index is 0.0584. The number of aromatic nitrogens is 3. The number of hydrogen-bond acceptors (Lipinski definition) is 5. The first-order valence-electron chi connectivity index (χ1n) is 11.6. The van der Waals surface area contributed by atoms with Gasteiger partial charge in [-0.15, -0.1) is 0 Å². The van der Waals surface area contributed by atoms with E-state index in [1.807, 2.05) is 36.7 Å². The van der Waals surface area contributed by atoms with Crippen LogP contribution in [0.5, 0.6) is 0 Å². The van der Waals surface area contributed by atoms with E-state index in [0.717, 1.165) is 53.1 Å². The number of nitrogens with zero attached hydrogens (tertiary/aromatic N) is 4. The summed E-state index contributed by atoms with van der Waals surface area (Å²) in [6.07, 6.45) is 4.82. The Hall–Kier alpha value is -3.55. The van der Waals surface area contributed by atoms with E-state index in [1.165, 1.54) is 21.6 Å². The van der Waals surface area contributed by atoms with Crippen LogP contribution in [0.1, 0.15) is 27.0 Å². The van der Waals surface area contributed by atoms with Gasteiger partial charge in [0, 0.05) is 49.6 Å². The molecule has 0 atom stereocenters. The van der Waals surface area contributed by atoms with Gasteiger partial charge in [-0.3, -0.25) is 4.79 Å². The highest BCUT2D eigenvalue weighted by molar-refractivity contribution is 5.96. The number of amides is 1. The van der Waals surface area contributed by atoms with Crippen molar-refractivity contribution in [3.63, 3.8) is 0 Å². The molecule has 0 saturated heterocycles. The van der Waals surface area contributed by atoms with Crippen LogP contribution in [0.3, 0.4) is 0 Å². The SMILES string of the molecule is Cc1cc(-c2cnc3[nH]cc(-c4ccc(C(=O)N(C)CCO)cc4)c3n2)cc2c1CCN(C)C2. The van der Waals surface area contributed by atoms with Gasteiger partial charge in [-0.1, -0.05) is 12.1 Å². The first-order valence-corrected chi connectivity index (χ1v) is 11.6. The Morgan fingerprint density at radius 1 is 1.21 bits per heavy atom. The lowest BCUT2D eigenvalue weighted by Crippen LogP contribution is -2.29. The number of aryl methyl sites for hydroxylation is 1. The number of aliphatic hydroxyl groups is 1. The molecule has 0 spiro atoms. The van der Waals surface area contributed by atoms with E-state index < -0.39 is 0 Å². The molecule has 0 fully saturated rings. The van der Waals surface area contributed by atoms with Crippen molar-refractivity contribution in [1.29, 1.82) is 0 Å². The Morgan fingerprint density at radius 3 is 2.76 bits per heavy atom. The van der Waals surface area contributed by atoms with E-state index >= 15 is 0 Å². The molecule has 0 bridgehead atoms. The molecule has 7 nitrogen and oxygen atoms in total. The third kappa shape index (κ3) is 4.08. The standard InChI is InChI=1S/C27H29N5O2/c1-17-12-20(13-21-16-31(2)9-8-22(17)21)24-15-29-26-25(30-24)23(14-28-26)18-4-6-19(7-5-18)27(34)32(3)10-11-33/h4-7,12-15,33H,8-11,16H2,1-3H3,(H,28,29). The van der Waals surface area contributed by atoms with Crippen molar-refractivity contribution in [2.24, 2.45) is 0 Å². The molecular weight excluding hydrogens is 426 g/mol. The monoisotopic (exact) mass is 455 g/mol. The molecule has 174 valence electrons. The van der Waals surface area contributed by atoms with Crippen LogP contribution in [0, 0.1) is 6.92 Å². The Labute approximate surface area is 199 Å². The zero-order chi connectivity index (χ0) is 23.8. The molecule has 3 heterocycles. The molecule has 7 heteroatoms. The minimum Gasteiger partial charge on any atom is -0.395 e. The first kappa shape index (κ1) is 22.3. The van der Waals surface area contributed by atoms with Gasteiger partial charge in [-0.05, 0) is 66.9 Å². The number of hydrogen-bond donors (Lipinski definition) is 2. The third-order valence-corrected chi connectivity index (χ3v) is 6.65. The number of fused-ring (bicyclic) bond motifs is 2. The summed E-state index contributed by atoms with van der Waals surface area (Å²) in [6, 6.07) is 11.9. The van der Waals surface area contributed by atoms with Crippen molar-refractivity contribution < 1.29 is 9.90 Å². The predicted molar refractivity (Wildman–Crippen MR) is 134 cm³/mol. The quantitative estimate of drug-likeness (QED) is 0.480. The van der Waals surface area contributed by atoms with Crippen LogP contribution in [0.15, 0.2) is 48.8 Å². The Morgan fingerprint density at radius 2 is 2.00 bits per heavy atom. The van der Waals surface area contributed by atoms with Gasteiger partial charge >= 0.3 is 0 Å². The number of nitrogens with one attached hydrogen (secondary N) is 1. The molecule has 2 aromatic carbocycles. The summed E-state index contributed by atoms with van der Waals surface area (Å²) in [4.78, 5) is 29.2. The molecule has 1 aliphatic rings. The number of carbonyl (C=O) groups is 1. The molecule has 1 amide bonds. The van der Waals surface area contributed by atoms with Gasteiger partial charge in [0.1, 0.15) is 5.52 Å². The first-order chi connectivity index (χ1) is 16.4. The van der Waals surface area contributed by atoms with E-state index in [9.17, 15) is 4.79 Å². The highest BCUT2D eigenvalue weighted by atomic mass is 16.3. The van der Waals surface area contributed by atoms with Gasteiger partial charge in [0.2, 0.25) is 0 Å². The van der Waals surface area contributed by atoms with Crippen molar-refractivity contribution in [2.45, 2.75) is 19.9 Å². The van der Waals surface area contributed by atoms with E-state index in [0.29, 0.717) is 12.1 Å². The fourth-order valence-electron chi connectivity index (χ4n) is 4.72. The summed E-state index contributed by atoms with van der Waals surface area (Å²) in [7, 11) is 3.84. The molecule has 4 aromatic rings. The molecule has 2 N–H and O–H groups in total. The van der Waals surface area contributed by atoms with Crippen LogP contribution in [0.4, 0.5) is 0 Å². The highest BCUT2D eigenvalue weighted by Crippen LogP contribution is 2.31. The van der Waals surface area contributed by atoms with Crippen molar-refractivity contribution in [1.82, 2.24) is 24.8 Å². The molecule has 2 aromatic heterocycles. The Bertz CT molecular complexity index is 1360. The number of H-pyrrole nitrogens is 1. The van der Waals surface area contributed by atoms with Gasteiger partial charge in [-0.25, -0.2) is 9.97 Å². The summed E-state index contributed by atoms with van der Waals surface area (Å²) in [6.45, 7) is 4.47. The molecule has 1 aliphatic heterocycles. The highest BCUT2D eigenvalue weighted by Gasteiger charge is 2.18. The lowest BCUT2D eigenvalue weighted by molar-refractivity contribution is 0.0767. The van der Waals surface area contributed by atoms with Crippen molar-refractivity contribution >= 4 is 17.1 Å². The summed E-state index contributed by atoms with van der Waals surface area (Å²) in [5.74, 6) is -0.116. The fraction of sp³-hybridized carbons (Fsp3) is 0.296. The maximum absolute atomic E-state index is 12.5. The van der Waals surface area contributed by atoms with Crippen molar-refractivity contribution in [3.05, 3.63) is 71.0 Å². The molecule has 34 heavy (non-hydrogen) atoms. The van der Waals surface area contributed by atoms with Crippen LogP contribution >= 0.6 is 0 Å². The lowest BCUT2D eigenvalue weighted by Gasteiger charge is -2.27. The number of benzene rings is 2. The summed E-state index contributed by atoms with van der Waals surface area (Å²) >= 11 is 0. The zero-order valence-electron chi connectivity index (χ0n) is 19.8. The Balaban J connectivity index is 1.49. The maximum atomic E-state index is 12.5. The molecule has 0 radical (unpaired) electrons. The second-order valence-electron chi connectivity index (χ2n) is 9.10. The molecule has 0 saturated carbocycles. The smallest absolute Gasteiger partial charge is 0.253 e. The number of aromatic amines is 1. The second kappa shape index (κ2) is 9.00. The van der Waals surface area contributed by atoms with Crippen LogP contribution in [0.2, 0.25) is 0 Å². The van der Waals surface area contributed by atoms with E-state index in [2.05, 4.69) is 41.0 Å². The van der Waals surface area contributed by atoms with Gasteiger partial charge in [0.25, 0.3) is 5.91 Å². The van der Waals surface area contributed by atoms with Crippen LogP contribution in [0.25, 0.3) is 33.5 Å². The van der Waals surface area contributed by atoms with E-state index in [1.54, 1.807) is 7.05 Å². The van der Waals surface area contributed by atoms with Crippen LogP contribution in [-0.4, -0.2) is 69.6 Å². The van der Waals surface area contributed by atoms with E-state index in [-0.39, 0.29) is 12.5 Å². The summed E-state index contributed by atoms with van der Waals surface area (Å²) in [5.41, 5.74) is 10.1. The topological polar surface area (TPSA) is 85.3 Å². The van der Waals surface area contributed by atoms with Gasteiger partial charge in [0.15, 0.2) is 5.65 Å². The zero-order valence-corrected chi connectivity index (χ0v) is 19.8. The Kier molecular flexibility index (Phi) is 5.89. The average molecular weight is 456 g/mol. The molecular formula is C27H29N5O2. The third-order valence-electron chi connectivity index (χ3n) is 6.65. The van der Waals surface area contributed by atoms with E-state index in [4.69, 9.17) is 10.1 Å². The van der Waals surface area contributed by atoms with Crippen molar-refractivity contribution in [3.8, 4) is 22.4 Å². The number of carbonyl (C=O) groups excluding carboxylic acids is 1. The second-order valence-corrected chi connectivity index (χ2v) is 9.10. The predicted octanol–water partition coefficient (Wildman–Crippen LogP) is 3.65. The molecule has 0 unspecified atom stereocenters. The normalized spacial score (nSPS) is 13.8. The average Bonchev–Trinajstić information content (AvgIpc) is 3.27. The van der Waals surface area contributed by atoms with Gasteiger partial charge in [-0.2, -0.15) is 0 Å². The summed E-state index contributed by atoms with van der Waals surface area (Å²) < 4.78 is 0. The van der Waals surface area contributed by atoms with Gasteiger partial charge in [0.05, 0.1) is 18.5 Å². The van der Waals surface area contributed by atoms with Gasteiger partial charge < -0.3 is 19.9 Å². The maximum Gasteiger partial charge on any atom is 0.253 e.